The number of carboxylic acids is 1. The van der Waals surface area contributed by atoms with Gasteiger partial charge >= 0.3 is 5.97 Å². The van der Waals surface area contributed by atoms with Gasteiger partial charge in [-0.05, 0) is 31.0 Å². The van der Waals surface area contributed by atoms with Gasteiger partial charge in [-0.1, -0.05) is 6.07 Å². The molecule has 1 aliphatic rings. The summed E-state index contributed by atoms with van der Waals surface area (Å²) in [6.45, 7) is 0.822. The summed E-state index contributed by atoms with van der Waals surface area (Å²) in [6, 6.07) is 5.93. The van der Waals surface area contributed by atoms with E-state index in [4.69, 9.17) is 4.74 Å². The van der Waals surface area contributed by atoms with Gasteiger partial charge in [0.05, 0.1) is 5.41 Å². The molecule has 0 radical (unpaired) electrons. The number of phenols is 1. The number of nitrogens with one attached hydrogen (secondary N) is 1. The first kappa shape index (κ1) is 14.3. The quantitative estimate of drug-likeness (QED) is 0.764. The molecule has 1 fully saturated rings. The normalized spacial score (nSPS) is 17.4. The van der Waals surface area contributed by atoms with Crippen LogP contribution in [0.3, 0.4) is 0 Å². The highest BCUT2D eigenvalue weighted by atomic mass is 16.5. The molecule has 1 aromatic carbocycles. The lowest BCUT2D eigenvalue weighted by Crippen LogP contribution is -2.46. The average Bonchev–Trinajstić information content (AvgIpc) is 2.45. The van der Waals surface area contributed by atoms with Gasteiger partial charge in [0.25, 0.3) is 5.91 Å². The van der Waals surface area contributed by atoms with Gasteiger partial charge in [-0.2, -0.15) is 0 Å². The summed E-state index contributed by atoms with van der Waals surface area (Å²) in [7, 11) is 0. The summed E-state index contributed by atoms with van der Waals surface area (Å²) in [6.07, 6.45) is 0.755. The van der Waals surface area contributed by atoms with Crippen LogP contribution in [0.15, 0.2) is 24.3 Å². The molecule has 2 rings (SSSR count). The van der Waals surface area contributed by atoms with Gasteiger partial charge in [0.2, 0.25) is 0 Å². The van der Waals surface area contributed by atoms with Crippen LogP contribution >= 0.6 is 0 Å². The fourth-order valence-corrected chi connectivity index (χ4v) is 2.23. The SMILES string of the molecule is O=C(NCC1(C(=O)O)CCOCC1)c1cccc(O)c1. The molecule has 0 unspecified atom stereocenters. The first-order chi connectivity index (χ1) is 9.53. The van der Waals surface area contributed by atoms with E-state index in [2.05, 4.69) is 5.32 Å². The van der Waals surface area contributed by atoms with Crippen molar-refractivity contribution in [2.45, 2.75) is 12.8 Å². The van der Waals surface area contributed by atoms with Crippen LogP contribution in [-0.4, -0.2) is 41.8 Å². The largest absolute Gasteiger partial charge is 0.508 e. The second kappa shape index (κ2) is 5.92. The third kappa shape index (κ3) is 3.08. The molecule has 6 nitrogen and oxygen atoms in total. The van der Waals surface area contributed by atoms with Crippen LogP contribution in [-0.2, 0) is 9.53 Å². The van der Waals surface area contributed by atoms with Gasteiger partial charge in [-0.15, -0.1) is 0 Å². The van der Waals surface area contributed by atoms with E-state index in [0.717, 1.165) is 0 Å². The van der Waals surface area contributed by atoms with E-state index in [-0.39, 0.29) is 12.3 Å². The summed E-state index contributed by atoms with van der Waals surface area (Å²) in [5.74, 6) is -1.32. The molecule has 108 valence electrons. The number of hydrogen-bond acceptors (Lipinski definition) is 4. The van der Waals surface area contributed by atoms with E-state index in [1.807, 2.05) is 0 Å². The van der Waals surface area contributed by atoms with Crippen molar-refractivity contribution in [3.05, 3.63) is 29.8 Å². The van der Waals surface area contributed by atoms with Gasteiger partial charge in [-0.25, -0.2) is 0 Å². The summed E-state index contributed by atoms with van der Waals surface area (Å²) >= 11 is 0. The minimum absolute atomic E-state index is 0.00309. The van der Waals surface area contributed by atoms with Crippen LogP contribution in [0.4, 0.5) is 0 Å². The van der Waals surface area contributed by atoms with E-state index in [1.165, 1.54) is 12.1 Å². The van der Waals surface area contributed by atoms with Crippen molar-refractivity contribution < 1.29 is 24.5 Å². The van der Waals surface area contributed by atoms with Gasteiger partial charge in [-0.3, -0.25) is 9.59 Å². The lowest BCUT2D eigenvalue weighted by molar-refractivity contribution is -0.154. The van der Waals surface area contributed by atoms with Crippen LogP contribution in [0.5, 0.6) is 5.75 Å². The Morgan fingerprint density at radius 3 is 2.60 bits per heavy atom. The van der Waals surface area contributed by atoms with E-state index in [0.29, 0.717) is 31.6 Å². The Hall–Kier alpha value is -2.08. The van der Waals surface area contributed by atoms with Crippen LogP contribution in [0.25, 0.3) is 0 Å². The highest BCUT2D eigenvalue weighted by Gasteiger charge is 2.40. The standard InChI is InChI=1S/C14H17NO5/c16-11-3-1-2-10(8-11)12(17)15-9-14(13(18)19)4-6-20-7-5-14/h1-3,8,16H,4-7,9H2,(H,15,17)(H,18,19). The predicted octanol–water partition coefficient (Wildman–Crippen LogP) is 1.00. The number of amides is 1. The van der Waals surface area contributed by atoms with E-state index < -0.39 is 17.3 Å². The van der Waals surface area contributed by atoms with E-state index in [1.54, 1.807) is 12.1 Å². The second-order valence-electron chi connectivity index (χ2n) is 4.93. The minimum Gasteiger partial charge on any atom is -0.508 e. The molecule has 0 saturated carbocycles. The number of hydrogen-bond donors (Lipinski definition) is 3. The third-order valence-electron chi connectivity index (χ3n) is 3.60. The molecule has 1 aliphatic heterocycles. The number of carboxylic acid groups (broad SMARTS) is 1. The van der Waals surface area contributed by atoms with Crippen molar-refractivity contribution in [2.24, 2.45) is 5.41 Å². The molecular formula is C14H17NO5. The highest BCUT2D eigenvalue weighted by molar-refractivity contribution is 5.94. The molecule has 1 heterocycles. The zero-order chi connectivity index (χ0) is 14.6. The maximum Gasteiger partial charge on any atom is 0.311 e. The van der Waals surface area contributed by atoms with Gasteiger partial charge in [0.15, 0.2) is 0 Å². The second-order valence-corrected chi connectivity index (χ2v) is 4.93. The lowest BCUT2D eigenvalue weighted by Gasteiger charge is -2.33. The van der Waals surface area contributed by atoms with E-state index in [9.17, 15) is 19.8 Å². The predicted molar refractivity (Wildman–Crippen MR) is 70.6 cm³/mol. The fourth-order valence-electron chi connectivity index (χ4n) is 2.23. The monoisotopic (exact) mass is 279 g/mol. The minimum atomic E-state index is -0.968. The number of aromatic hydroxyl groups is 1. The first-order valence-corrected chi connectivity index (χ1v) is 6.42. The Morgan fingerprint density at radius 2 is 2.00 bits per heavy atom. The maximum absolute atomic E-state index is 12.0. The molecular weight excluding hydrogens is 262 g/mol. The zero-order valence-electron chi connectivity index (χ0n) is 11.0. The van der Waals surface area contributed by atoms with Crippen molar-refractivity contribution in [1.29, 1.82) is 0 Å². The summed E-state index contributed by atoms with van der Waals surface area (Å²) < 4.78 is 5.17. The topological polar surface area (TPSA) is 95.9 Å². The lowest BCUT2D eigenvalue weighted by atomic mass is 9.80. The Kier molecular flexibility index (Phi) is 4.24. The Balaban J connectivity index is 2.02. The first-order valence-electron chi connectivity index (χ1n) is 6.42. The average molecular weight is 279 g/mol. The van der Waals surface area contributed by atoms with Crippen LogP contribution < -0.4 is 5.32 Å². The number of benzene rings is 1. The molecule has 1 aromatic rings. The van der Waals surface area contributed by atoms with Gasteiger partial charge in [0.1, 0.15) is 5.75 Å². The number of carbonyl (C=O) groups excluding carboxylic acids is 1. The molecule has 1 amide bonds. The number of ether oxygens (including phenoxy) is 1. The van der Waals surface area contributed by atoms with Gasteiger partial charge in [0, 0.05) is 25.3 Å². The number of aliphatic carboxylic acids is 1. The van der Waals surface area contributed by atoms with Crippen LogP contribution in [0.2, 0.25) is 0 Å². The molecule has 6 heteroatoms. The number of rotatable bonds is 4. The maximum atomic E-state index is 12.0. The number of phenolic OH excluding ortho intramolecular Hbond substituents is 1. The van der Waals surface area contributed by atoms with Crippen LogP contribution in [0, 0.1) is 5.41 Å². The summed E-state index contributed by atoms with van der Waals surface area (Å²) in [5, 5.41) is 21.3. The molecule has 0 spiro atoms. The van der Waals surface area contributed by atoms with Gasteiger partial charge < -0.3 is 20.3 Å². The molecule has 0 aromatic heterocycles. The zero-order valence-corrected chi connectivity index (χ0v) is 11.0. The number of carbonyl (C=O) groups is 2. The molecule has 3 N–H and O–H groups in total. The Bertz CT molecular complexity index is 508. The van der Waals surface area contributed by atoms with Crippen LogP contribution in [0.1, 0.15) is 23.2 Å². The van der Waals surface area contributed by atoms with E-state index >= 15 is 0 Å². The van der Waals surface area contributed by atoms with Crippen molar-refractivity contribution >= 4 is 11.9 Å². The molecule has 20 heavy (non-hydrogen) atoms. The summed E-state index contributed by atoms with van der Waals surface area (Å²) in [5.41, 5.74) is -0.664. The molecule has 0 bridgehead atoms. The van der Waals surface area contributed by atoms with Crippen molar-refractivity contribution in [2.75, 3.05) is 19.8 Å². The Morgan fingerprint density at radius 1 is 1.30 bits per heavy atom. The Labute approximate surface area is 116 Å². The van der Waals surface area contributed by atoms with Crippen molar-refractivity contribution in [3.63, 3.8) is 0 Å². The molecule has 0 aliphatic carbocycles. The third-order valence-corrected chi connectivity index (χ3v) is 3.60. The molecule has 0 atom stereocenters. The molecule has 1 saturated heterocycles. The van der Waals surface area contributed by atoms with Crippen molar-refractivity contribution in [3.8, 4) is 5.75 Å². The summed E-state index contributed by atoms with van der Waals surface area (Å²) in [4.78, 5) is 23.4. The van der Waals surface area contributed by atoms with Crippen molar-refractivity contribution in [1.82, 2.24) is 5.32 Å². The smallest absolute Gasteiger partial charge is 0.311 e. The fraction of sp³-hybridized carbons (Fsp3) is 0.429. The highest BCUT2D eigenvalue weighted by Crippen LogP contribution is 2.30.